The summed E-state index contributed by atoms with van der Waals surface area (Å²) in [5.74, 6) is 1.31. The number of halogens is 1. The highest BCUT2D eigenvalue weighted by Crippen LogP contribution is 2.51. The topological polar surface area (TPSA) is 44.8 Å². The van der Waals surface area contributed by atoms with E-state index in [2.05, 4.69) is 32.0 Å². The fourth-order valence-electron chi connectivity index (χ4n) is 6.71. The fraction of sp³-hybridized carbons (Fsp3) is 0.441. The molecule has 3 atom stereocenters. The Morgan fingerprint density at radius 2 is 1.77 bits per heavy atom. The van der Waals surface area contributed by atoms with E-state index in [1.807, 2.05) is 25.1 Å². The number of ether oxygens (including phenoxy) is 3. The number of hydrogen-bond donors (Lipinski definition) is 0. The first-order valence-electron chi connectivity index (χ1n) is 14.0. The predicted octanol–water partition coefficient (Wildman–Crippen LogP) is 8.21. The lowest BCUT2D eigenvalue weighted by Crippen LogP contribution is -2.19. The first-order chi connectivity index (χ1) is 18.7. The van der Waals surface area contributed by atoms with Crippen LogP contribution in [0.5, 0.6) is 11.5 Å². The molecule has 39 heavy (non-hydrogen) atoms. The molecule has 1 saturated carbocycles. The van der Waals surface area contributed by atoms with Crippen LogP contribution < -0.4 is 9.47 Å². The molecular weight excluding hydrogens is 491 g/mol. The lowest BCUT2D eigenvalue weighted by molar-refractivity contribution is -0.145. The van der Waals surface area contributed by atoms with E-state index in [4.69, 9.17) is 14.2 Å². The molecule has 3 aromatic carbocycles. The quantitative estimate of drug-likeness (QED) is 0.275. The number of carbonyl (C=O) groups is 1. The monoisotopic (exact) mass is 530 g/mol. The molecule has 3 aromatic rings. The van der Waals surface area contributed by atoms with Crippen molar-refractivity contribution in [2.24, 2.45) is 11.3 Å². The zero-order valence-corrected chi connectivity index (χ0v) is 23.7. The Kier molecular flexibility index (Phi) is 7.70. The number of esters is 1. The molecule has 5 rings (SSSR count). The van der Waals surface area contributed by atoms with Gasteiger partial charge in [-0.1, -0.05) is 51.5 Å². The number of aryl methyl sites for hydroxylation is 1. The van der Waals surface area contributed by atoms with Crippen LogP contribution in [0.25, 0.3) is 11.1 Å². The van der Waals surface area contributed by atoms with Crippen molar-refractivity contribution in [2.75, 3.05) is 14.2 Å². The summed E-state index contributed by atoms with van der Waals surface area (Å²) in [5, 5.41) is 0. The number of methoxy groups -OCH3 is 2. The molecular formula is C34H39FO4. The number of rotatable bonds is 8. The van der Waals surface area contributed by atoms with E-state index in [1.54, 1.807) is 19.2 Å². The van der Waals surface area contributed by atoms with Crippen LogP contribution in [0.2, 0.25) is 0 Å². The van der Waals surface area contributed by atoms with Crippen LogP contribution >= 0.6 is 0 Å². The smallest absolute Gasteiger partial charge is 0.308 e. The van der Waals surface area contributed by atoms with Gasteiger partial charge >= 0.3 is 5.97 Å². The van der Waals surface area contributed by atoms with Crippen molar-refractivity contribution in [3.63, 3.8) is 0 Å². The van der Waals surface area contributed by atoms with Crippen LogP contribution in [0.1, 0.15) is 80.5 Å². The molecule has 1 fully saturated rings. The Hall–Kier alpha value is -3.34. The first kappa shape index (κ1) is 27.2. The minimum atomic E-state index is -0.245. The summed E-state index contributed by atoms with van der Waals surface area (Å²) in [6, 6.07) is 17.5. The molecule has 2 aliphatic carbocycles. The van der Waals surface area contributed by atoms with Crippen LogP contribution in [0.15, 0.2) is 54.6 Å². The third kappa shape index (κ3) is 5.41. The summed E-state index contributed by atoms with van der Waals surface area (Å²) >= 11 is 0. The van der Waals surface area contributed by atoms with Crippen molar-refractivity contribution < 1.29 is 23.4 Å². The van der Waals surface area contributed by atoms with Crippen LogP contribution in [0.3, 0.4) is 0 Å². The van der Waals surface area contributed by atoms with E-state index in [0.717, 1.165) is 42.6 Å². The van der Waals surface area contributed by atoms with Crippen LogP contribution in [-0.4, -0.2) is 20.2 Å². The minimum Gasteiger partial charge on any atom is -0.497 e. The van der Waals surface area contributed by atoms with E-state index >= 15 is 4.39 Å². The molecule has 4 nitrogen and oxygen atoms in total. The lowest BCUT2D eigenvalue weighted by Gasteiger charge is -2.30. The van der Waals surface area contributed by atoms with Gasteiger partial charge in [0.1, 0.15) is 23.9 Å². The van der Waals surface area contributed by atoms with E-state index in [0.29, 0.717) is 23.8 Å². The van der Waals surface area contributed by atoms with Gasteiger partial charge in [0.25, 0.3) is 0 Å². The van der Waals surface area contributed by atoms with Crippen LogP contribution in [0, 0.1) is 17.2 Å². The van der Waals surface area contributed by atoms with E-state index < -0.39 is 0 Å². The molecule has 0 bridgehead atoms. The highest BCUT2D eigenvalue weighted by atomic mass is 19.1. The summed E-state index contributed by atoms with van der Waals surface area (Å²) in [7, 11) is 3.05. The van der Waals surface area contributed by atoms with Crippen LogP contribution in [0.4, 0.5) is 4.39 Å². The maximum Gasteiger partial charge on any atom is 0.308 e. The van der Waals surface area contributed by atoms with Gasteiger partial charge in [-0.15, -0.1) is 0 Å². The second kappa shape index (κ2) is 11.0. The zero-order chi connectivity index (χ0) is 27.7. The molecule has 0 aliphatic heterocycles. The summed E-state index contributed by atoms with van der Waals surface area (Å²) in [6.45, 7) is 6.99. The van der Waals surface area contributed by atoms with Crippen molar-refractivity contribution >= 4 is 5.97 Å². The minimum absolute atomic E-state index is 0.134. The predicted molar refractivity (Wildman–Crippen MR) is 152 cm³/mol. The van der Waals surface area contributed by atoms with E-state index in [1.165, 1.54) is 36.3 Å². The van der Waals surface area contributed by atoms with Crippen molar-refractivity contribution in [3.05, 3.63) is 82.7 Å². The van der Waals surface area contributed by atoms with Crippen molar-refractivity contribution in [1.82, 2.24) is 0 Å². The second-order valence-electron chi connectivity index (χ2n) is 11.8. The van der Waals surface area contributed by atoms with Gasteiger partial charge in [0.05, 0.1) is 20.1 Å². The summed E-state index contributed by atoms with van der Waals surface area (Å²) in [6.07, 6.45) is 5.31. The average molecular weight is 531 g/mol. The van der Waals surface area contributed by atoms with Crippen molar-refractivity contribution in [3.8, 4) is 22.6 Å². The summed E-state index contributed by atoms with van der Waals surface area (Å²) in [5.41, 5.74) is 6.32. The highest BCUT2D eigenvalue weighted by Gasteiger charge is 2.37. The highest BCUT2D eigenvalue weighted by molar-refractivity contribution is 5.73. The molecule has 0 heterocycles. The molecule has 0 radical (unpaired) electrons. The van der Waals surface area contributed by atoms with E-state index in [9.17, 15) is 4.79 Å². The maximum absolute atomic E-state index is 15.1. The fourth-order valence-corrected chi connectivity index (χ4v) is 6.71. The van der Waals surface area contributed by atoms with Gasteiger partial charge in [0.15, 0.2) is 0 Å². The van der Waals surface area contributed by atoms with Crippen molar-refractivity contribution in [2.45, 2.75) is 71.3 Å². The summed E-state index contributed by atoms with van der Waals surface area (Å²) in [4.78, 5) is 12.2. The number of carbonyl (C=O) groups excluding carboxylic acids is 1. The zero-order valence-electron chi connectivity index (χ0n) is 23.7. The number of fused-ring (bicyclic) bond motifs is 1. The normalized spacial score (nSPS) is 20.4. The molecule has 5 heteroatoms. The largest absolute Gasteiger partial charge is 0.497 e. The van der Waals surface area contributed by atoms with Gasteiger partial charge in [-0.2, -0.15) is 0 Å². The molecule has 0 unspecified atom stereocenters. The molecule has 0 saturated heterocycles. The average Bonchev–Trinajstić information content (AvgIpc) is 3.53. The Balaban J connectivity index is 1.43. The molecule has 2 aliphatic rings. The van der Waals surface area contributed by atoms with Gasteiger partial charge in [0, 0.05) is 5.56 Å². The van der Waals surface area contributed by atoms with Gasteiger partial charge in [0.2, 0.25) is 0 Å². The summed E-state index contributed by atoms with van der Waals surface area (Å²) < 4.78 is 31.8. The lowest BCUT2D eigenvalue weighted by atomic mass is 9.75. The number of benzene rings is 3. The maximum atomic E-state index is 15.1. The molecule has 0 aromatic heterocycles. The molecule has 0 amide bonds. The molecule has 0 N–H and O–H groups in total. The van der Waals surface area contributed by atoms with Gasteiger partial charge in [-0.3, -0.25) is 4.79 Å². The SMILES string of the molecule is COC(=O)[C@H](C)[C@@H]1CCc2ccc(OCc3ccc(-c4cc(OC)ccc4F)c([C@@H]4CCCC4(C)C)c3)cc21. The first-order valence-corrected chi connectivity index (χ1v) is 14.0. The van der Waals surface area contributed by atoms with Gasteiger partial charge < -0.3 is 14.2 Å². The Labute approximate surface area is 231 Å². The third-order valence-corrected chi connectivity index (χ3v) is 9.04. The number of hydrogen-bond acceptors (Lipinski definition) is 4. The van der Waals surface area contributed by atoms with Gasteiger partial charge in [-0.25, -0.2) is 4.39 Å². The molecule has 206 valence electrons. The Bertz CT molecular complexity index is 1360. The Morgan fingerprint density at radius 3 is 2.49 bits per heavy atom. The molecule has 0 spiro atoms. The van der Waals surface area contributed by atoms with Crippen LogP contribution in [-0.2, 0) is 22.6 Å². The van der Waals surface area contributed by atoms with Gasteiger partial charge in [-0.05, 0) is 101 Å². The standard InChI is InChI=1S/C34H39FO4/c1-21(33(36)38-5)26-14-10-23-9-11-25(19-28(23)26)39-20-22-8-13-27(30-18-24(37-4)12-15-32(30)35)29(17-22)31-7-6-16-34(31,2)3/h8-9,11-13,15,17-19,21,26,31H,6-7,10,14,16,20H2,1-5H3/t21-,26+,31+/m1/s1. The van der Waals surface area contributed by atoms with Crippen molar-refractivity contribution in [1.29, 1.82) is 0 Å². The Morgan fingerprint density at radius 1 is 0.974 bits per heavy atom. The second-order valence-corrected chi connectivity index (χ2v) is 11.8. The van der Waals surface area contributed by atoms with E-state index in [-0.39, 0.29) is 29.0 Å². The third-order valence-electron chi connectivity index (χ3n) is 9.04.